The Morgan fingerprint density at radius 3 is 2.53 bits per heavy atom. The molecule has 2 unspecified atom stereocenters. The molecule has 0 aromatic carbocycles. The summed E-state index contributed by atoms with van der Waals surface area (Å²) in [7, 11) is 2.48. The number of methoxy groups -OCH3 is 2. The van der Waals surface area contributed by atoms with Crippen molar-refractivity contribution >= 4 is 12.1 Å². The molecule has 1 aliphatic rings. The number of esters is 1. The Hall–Kier alpha value is -1.44. The SMILES string of the molecule is COC(=O)C1CC(NCC(F)F)CN(C(=O)OC)C1. The minimum Gasteiger partial charge on any atom is -0.469 e. The number of likely N-dealkylation sites (tertiary alicyclic amines) is 1. The highest BCUT2D eigenvalue weighted by Gasteiger charge is 2.34. The van der Waals surface area contributed by atoms with Gasteiger partial charge in [-0.15, -0.1) is 0 Å². The van der Waals surface area contributed by atoms with Gasteiger partial charge < -0.3 is 19.7 Å². The van der Waals surface area contributed by atoms with Gasteiger partial charge >= 0.3 is 12.1 Å². The minimum absolute atomic E-state index is 0.173. The van der Waals surface area contributed by atoms with Crippen molar-refractivity contribution in [2.75, 3.05) is 33.9 Å². The van der Waals surface area contributed by atoms with Crippen molar-refractivity contribution in [3.8, 4) is 0 Å². The first kappa shape index (κ1) is 15.6. The van der Waals surface area contributed by atoms with Gasteiger partial charge in [0, 0.05) is 19.1 Å². The van der Waals surface area contributed by atoms with Crippen LogP contribution < -0.4 is 5.32 Å². The standard InChI is InChI=1S/C11H18F2N2O4/c1-18-10(16)7-3-8(14-4-9(12)13)6-15(5-7)11(17)19-2/h7-9,14H,3-6H2,1-2H3. The van der Waals surface area contributed by atoms with Gasteiger partial charge in [-0.2, -0.15) is 0 Å². The maximum atomic E-state index is 12.2. The van der Waals surface area contributed by atoms with Crippen molar-refractivity contribution in [3.05, 3.63) is 0 Å². The molecule has 110 valence electrons. The molecule has 1 aliphatic heterocycles. The van der Waals surface area contributed by atoms with Gasteiger partial charge in [-0.3, -0.25) is 4.79 Å². The predicted molar refractivity (Wildman–Crippen MR) is 61.9 cm³/mol. The lowest BCUT2D eigenvalue weighted by Gasteiger charge is -2.36. The number of halogens is 2. The Bertz CT molecular complexity index is 304. The van der Waals surface area contributed by atoms with Crippen molar-refractivity contribution in [1.29, 1.82) is 0 Å². The number of rotatable bonds is 4. The number of hydrogen-bond donors (Lipinski definition) is 1. The lowest BCUT2D eigenvalue weighted by Crippen LogP contribution is -2.53. The van der Waals surface area contributed by atoms with Crippen LogP contribution in [0, 0.1) is 5.92 Å². The van der Waals surface area contributed by atoms with Crippen LogP contribution in [-0.2, 0) is 14.3 Å². The van der Waals surface area contributed by atoms with Gasteiger partial charge in [0.15, 0.2) is 0 Å². The average molecular weight is 280 g/mol. The van der Waals surface area contributed by atoms with Gasteiger partial charge in [0.25, 0.3) is 6.43 Å². The van der Waals surface area contributed by atoms with Crippen molar-refractivity contribution < 1.29 is 27.8 Å². The van der Waals surface area contributed by atoms with Gasteiger partial charge in [-0.25, -0.2) is 13.6 Å². The number of ether oxygens (including phenoxy) is 2. The molecule has 1 N–H and O–H groups in total. The molecule has 0 radical (unpaired) electrons. The monoisotopic (exact) mass is 280 g/mol. The molecule has 1 saturated heterocycles. The Morgan fingerprint density at radius 2 is 2.00 bits per heavy atom. The van der Waals surface area contributed by atoms with Crippen LogP contribution in [-0.4, -0.2) is 63.3 Å². The van der Waals surface area contributed by atoms with Crippen molar-refractivity contribution in [2.45, 2.75) is 18.9 Å². The quantitative estimate of drug-likeness (QED) is 0.758. The van der Waals surface area contributed by atoms with Crippen LogP contribution >= 0.6 is 0 Å². The maximum Gasteiger partial charge on any atom is 0.409 e. The van der Waals surface area contributed by atoms with E-state index in [1.165, 1.54) is 19.1 Å². The van der Waals surface area contributed by atoms with Gasteiger partial charge in [-0.1, -0.05) is 0 Å². The zero-order chi connectivity index (χ0) is 14.4. The van der Waals surface area contributed by atoms with Gasteiger partial charge in [0.2, 0.25) is 0 Å². The molecule has 0 aliphatic carbocycles. The number of nitrogens with zero attached hydrogens (tertiary/aromatic N) is 1. The predicted octanol–water partition coefficient (Wildman–Crippen LogP) is 0.471. The molecule has 1 heterocycles. The Kier molecular flexibility index (Phi) is 5.94. The minimum atomic E-state index is -2.48. The molecule has 19 heavy (non-hydrogen) atoms. The number of carbonyl (C=O) groups is 2. The topological polar surface area (TPSA) is 67.9 Å². The summed E-state index contributed by atoms with van der Waals surface area (Å²) in [6, 6.07) is -0.383. The second-order valence-corrected chi connectivity index (χ2v) is 4.33. The number of amides is 1. The number of piperidine rings is 1. The van der Waals surface area contributed by atoms with E-state index in [9.17, 15) is 18.4 Å². The van der Waals surface area contributed by atoms with Crippen molar-refractivity contribution in [3.63, 3.8) is 0 Å². The van der Waals surface area contributed by atoms with Crippen LogP contribution in [0.15, 0.2) is 0 Å². The molecule has 1 amide bonds. The number of carbonyl (C=O) groups excluding carboxylic acids is 2. The highest BCUT2D eigenvalue weighted by atomic mass is 19.3. The normalized spacial score (nSPS) is 23.3. The van der Waals surface area contributed by atoms with E-state index in [-0.39, 0.29) is 19.1 Å². The first-order chi connectivity index (χ1) is 8.97. The highest BCUT2D eigenvalue weighted by molar-refractivity contribution is 5.74. The average Bonchev–Trinajstić information content (AvgIpc) is 2.42. The molecule has 0 bridgehead atoms. The molecular weight excluding hydrogens is 262 g/mol. The lowest BCUT2D eigenvalue weighted by molar-refractivity contribution is -0.147. The highest BCUT2D eigenvalue weighted by Crippen LogP contribution is 2.19. The van der Waals surface area contributed by atoms with Crippen molar-refractivity contribution in [2.24, 2.45) is 5.92 Å². The molecule has 1 rings (SSSR count). The molecule has 1 fully saturated rings. The molecule has 0 aromatic rings. The summed E-state index contributed by atoms with van der Waals surface area (Å²) in [5.74, 6) is -0.995. The summed E-state index contributed by atoms with van der Waals surface area (Å²) >= 11 is 0. The van der Waals surface area contributed by atoms with E-state index >= 15 is 0 Å². The van der Waals surface area contributed by atoms with Crippen LogP contribution in [0.2, 0.25) is 0 Å². The number of alkyl halides is 2. The summed E-state index contributed by atoms with van der Waals surface area (Å²) in [5, 5.41) is 2.63. The summed E-state index contributed by atoms with van der Waals surface area (Å²) in [4.78, 5) is 24.3. The number of hydrogen-bond acceptors (Lipinski definition) is 5. The van der Waals surface area contributed by atoms with E-state index in [0.29, 0.717) is 6.42 Å². The second kappa shape index (κ2) is 7.22. The van der Waals surface area contributed by atoms with E-state index in [2.05, 4.69) is 14.8 Å². The smallest absolute Gasteiger partial charge is 0.409 e. The van der Waals surface area contributed by atoms with E-state index in [1.54, 1.807) is 0 Å². The molecule has 0 saturated carbocycles. The summed E-state index contributed by atoms with van der Waals surface area (Å²) in [5.41, 5.74) is 0. The van der Waals surface area contributed by atoms with E-state index in [0.717, 1.165) is 0 Å². The Balaban J connectivity index is 2.66. The van der Waals surface area contributed by atoms with Crippen LogP contribution in [0.3, 0.4) is 0 Å². The van der Waals surface area contributed by atoms with Gasteiger partial charge in [0.05, 0.1) is 26.7 Å². The van der Waals surface area contributed by atoms with E-state index < -0.39 is 31.0 Å². The fourth-order valence-corrected chi connectivity index (χ4v) is 2.12. The fraction of sp³-hybridized carbons (Fsp3) is 0.818. The van der Waals surface area contributed by atoms with E-state index in [1.807, 2.05) is 0 Å². The third-order valence-corrected chi connectivity index (χ3v) is 2.98. The number of nitrogens with one attached hydrogen (secondary N) is 1. The van der Waals surface area contributed by atoms with Crippen LogP contribution in [0.4, 0.5) is 13.6 Å². The fourth-order valence-electron chi connectivity index (χ4n) is 2.12. The largest absolute Gasteiger partial charge is 0.469 e. The van der Waals surface area contributed by atoms with Crippen LogP contribution in [0.1, 0.15) is 6.42 Å². The summed E-state index contributed by atoms with van der Waals surface area (Å²) in [6.07, 6.45) is -2.71. The van der Waals surface area contributed by atoms with Crippen molar-refractivity contribution in [1.82, 2.24) is 10.2 Å². The first-order valence-electron chi connectivity index (χ1n) is 5.90. The second-order valence-electron chi connectivity index (χ2n) is 4.33. The Morgan fingerprint density at radius 1 is 1.32 bits per heavy atom. The zero-order valence-corrected chi connectivity index (χ0v) is 10.9. The summed E-state index contributed by atoms with van der Waals surface area (Å²) < 4.78 is 33.6. The third kappa shape index (κ3) is 4.62. The van der Waals surface area contributed by atoms with Gasteiger partial charge in [-0.05, 0) is 6.42 Å². The lowest BCUT2D eigenvalue weighted by atomic mass is 9.94. The third-order valence-electron chi connectivity index (χ3n) is 2.98. The first-order valence-corrected chi connectivity index (χ1v) is 5.90. The summed E-state index contributed by atoms with van der Waals surface area (Å²) in [6.45, 7) is -0.0767. The molecule has 0 aromatic heterocycles. The molecule has 8 heteroatoms. The molecule has 6 nitrogen and oxygen atoms in total. The zero-order valence-electron chi connectivity index (χ0n) is 10.9. The molecule has 2 atom stereocenters. The molecule has 0 spiro atoms. The van der Waals surface area contributed by atoms with Crippen LogP contribution in [0.25, 0.3) is 0 Å². The van der Waals surface area contributed by atoms with E-state index in [4.69, 9.17) is 0 Å². The van der Waals surface area contributed by atoms with Crippen LogP contribution in [0.5, 0.6) is 0 Å². The maximum absolute atomic E-state index is 12.2. The molecular formula is C11H18F2N2O4. The van der Waals surface area contributed by atoms with Gasteiger partial charge in [0.1, 0.15) is 0 Å². The Labute approximate surface area is 110 Å².